The molecule has 134 valence electrons. The van der Waals surface area contributed by atoms with Crippen molar-refractivity contribution in [2.75, 3.05) is 6.61 Å². The maximum atomic E-state index is 12.6. The normalized spacial score (nSPS) is 24.3. The second kappa shape index (κ2) is 9.69. The van der Waals surface area contributed by atoms with E-state index in [1.165, 1.54) is 6.42 Å². The summed E-state index contributed by atoms with van der Waals surface area (Å²) in [4.78, 5) is 24.9. The fraction of sp³-hybridized carbons (Fsp3) is 0.647. The van der Waals surface area contributed by atoms with Gasteiger partial charge in [-0.25, -0.2) is 0 Å². The molecule has 0 aliphatic heterocycles. The molecule has 0 unspecified atom stereocenters. The van der Waals surface area contributed by atoms with Gasteiger partial charge in [0.15, 0.2) is 0 Å². The van der Waals surface area contributed by atoms with Gasteiger partial charge in [0.2, 0.25) is 5.91 Å². The zero-order valence-corrected chi connectivity index (χ0v) is 15.7. The molecule has 0 aromatic carbocycles. The lowest BCUT2D eigenvalue weighted by Crippen LogP contribution is -2.44. The highest BCUT2D eigenvalue weighted by Crippen LogP contribution is 2.29. The van der Waals surface area contributed by atoms with Crippen LogP contribution in [0.3, 0.4) is 0 Å². The number of hydrogen-bond donors (Lipinski definition) is 1. The summed E-state index contributed by atoms with van der Waals surface area (Å²) in [5, 5.41) is 3.17. The topological polar surface area (TPSA) is 55.4 Å². The van der Waals surface area contributed by atoms with Crippen molar-refractivity contribution in [3.05, 3.63) is 21.7 Å². The summed E-state index contributed by atoms with van der Waals surface area (Å²) >= 11 is 16.8. The molecule has 0 saturated heterocycles. The Labute approximate surface area is 157 Å². The van der Waals surface area contributed by atoms with E-state index in [0.717, 1.165) is 25.7 Å². The zero-order chi connectivity index (χ0) is 17.5. The van der Waals surface area contributed by atoms with Crippen molar-refractivity contribution in [2.45, 2.75) is 51.0 Å². The minimum Gasteiger partial charge on any atom is -0.460 e. The highest BCUT2D eigenvalue weighted by atomic mass is 35.5. The number of carbonyl (C=O) groups excluding carboxylic acids is 2. The van der Waals surface area contributed by atoms with Crippen LogP contribution in [0.5, 0.6) is 0 Å². The fourth-order valence-corrected chi connectivity index (χ4v) is 3.38. The van der Waals surface area contributed by atoms with Crippen molar-refractivity contribution < 1.29 is 14.3 Å². The fourth-order valence-electron chi connectivity index (χ4n) is 3.22. The summed E-state index contributed by atoms with van der Waals surface area (Å²) in [6, 6.07) is 0.223. The predicted octanol–water partition coefficient (Wildman–Crippen LogP) is 4.45. The van der Waals surface area contributed by atoms with Gasteiger partial charge in [-0.05, 0) is 25.7 Å². The number of amides is 1. The molecule has 1 saturated carbocycles. The van der Waals surface area contributed by atoms with Gasteiger partial charge >= 0.3 is 5.97 Å². The van der Waals surface area contributed by atoms with Gasteiger partial charge in [-0.3, -0.25) is 9.59 Å². The first-order chi connectivity index (χ1) is 11.5. The van der Waals surface area contributed by atoms with Crippen LogP contribution < -0.4 is 5.32 Å². The number of ether oxygens (including phenoxy) is 1. The summed E-state index contributed by atoms with van der Waals surface area (Å²) in [5.41, 5.74) is 0. The van der Waals surface area contributed by atoms with Crippen LogP contribution >= 0.6 is 34.8 Å². The van der Waals surface area contributed by atoms with Gasteiger partial charge in [-0.15, -0.1) is 0 Å². The number of carbonyl (C=O) groups is 2. The lowest BCUT2D eigenvalue weighted by Gasteiger charge is -2.29. The van der Waals surface area contributed by atoms with Crippen molar-refractivity contribution in [1.29, 1.82) is 0 Å². The van der Waals surface area contributed by atoms with Crippen LogP contribution in [0.1, 0.15) is 44.9 Å². The van der Waals surface area contributed by atoms with Crippen LogP contribution in [0, 0.1) is 11.8 Å². The van der Waals surface area contributed by atoms with Gasteiger partial charge in [-0.1, -0.05) is 66.2 Å². The first-order valence-corrected chi connectivity index (χ1v) is 9.44. The number of halogens is 3. The highest BCUT2D eigenvalue weighted by molar-refractivity contribution is 6.59. The van der Waals surface area contributed by atoms with Crippen molar-refractivity contribution in [3.8, 4) is 0 Å². The standard InChI is InChI=1S/C17H22Cl3NO3/c18-14(15(19)20)10-24-17(23)13-9-5-4-8-12(13)16(22)21-11-6-2-1-3-7-11/h4-5,11-13H,1-3,6-10H2,(H,21,22)/t12-,13-/m1/s1. The summed E-state index contributed by atoms with van der Waals surface area (Å²) in [7, 11) is 0. The zero-order valence-electron chi connectivity index (χ0n) is 13.4. The second-order valence-corrected chi connectivity index (χ2v) is 7.68. The molecule has 2 aliphatic carbocycles. The summed E-state index contributed by atoms with van der Waals surface area (Å²) in [5.74, 6) is -1.42. The van der Waals surface area contributed by atoms with Crippen molar-refractivity contribution in [1.82, 2.24) is 5.32 Å². The molecule has 2 atom stereocenters. The van der Waals surface area contributed by atoms with Crippen LogP contribution in [0.4, 0.5) is 0 Å². The van der Waals surface area contributed by atoms with Crippen LogP contribution in [-0.4, -0.2) is 24.5 Å². The van der Waals surface area contributed by atoms with E-state index in [1.54, 1.807) is 0 Å². The molecule has 1 N–H and O–H groups in total. The quantitative estimate of drug-likeness (QED) is 0.554. The Morgan fingerprint density at radius 2 is 1.62 bits per heavy atom. The minimum atomic E-state index is -0.503. The third-order valence-electron chi connectivity index (χ3n) is 4.57. The largest absolute Gasteiger partial charge is 0.460 e. The molecule has 7 heteroatoms. The van der Waals surface area contributed by atoms with Crippen molar-refractivity contribution in [2.24, 2.45) is 11.8 Å². The SMILES string of the molecule is O=C(NC1CCCCC1)[C@@H]1CC=CC[C@H]1C(=O)OCC(Cl)=C(Cl)Cl. The van der Waals surface area contributed by atoms with E-state index in [0.29, 0.717) is 12.8 Å². The molecule has 0 aromatic rings. The van der Waals surface area contributed by atoms with Gasteiger partial charge in [0.25, 0.3) is 0 Å². The summed E-state index contributed by atoms with van der Waals surface area (Å²) in [6.45, 7) is -0.181. The molecular formula is C17H22Cl3NO3. The van der Waals surface area contributed by atoms with Gasteiger partial charge in [0.05, 0.1) is 16.9 Å². The van der Waals surface area contributed by atoms with E-state index in [9.17, 15) is 9.59 Å². The highest BCUT2D eigenvalue weighted by Gasteiger charge is 2.36. The first kappa shape index (κ1) is 19.6. The molecule has 0 spiro atoms. The smallest absolute Gasteiger partial charge is 0.310 e. The molecular weight excluding hydrogens is 373 g/mol. The molecule has 24 heavy (non-hydrogen) atoms. The molecule has 2 rings (SSSR count). The van der Waals surface area contributed by atoms with Gasteiger partial charge in [0.1, 0.15) is 11.1 Å². The lowest BCUT2D eigenvalue weighted by molar-refractivity contribution is -0.152. The van der Waals surface area contributed by atoms with E-state index in [1.807, 2.05) is 12.2 Å². The molecule has 4 nitrogen and oxygen atoms in total. The third-order valence-corrected chi connectivity index (χ3v) is 5.52. The van der Waals surface area contributed by atoms with Crippen LogP contribution in [-0.2, 0) is 14.3 Å². The monoisotopic (exact) mass is 393 g/mol. The minimum absolute atomic E-state index is 0.0646. The lowest BCUT2D eigenvalue weighted by atomic mass is 9.82. The molecule has 1 amide bonds. The maximum absolute atomic E-state index is 12.6. The van der Waals surface area contributed by atoms with E-state index < -0.39 is 17.8 Å². The average Bonchev–Trinajstić information content (AvgIpc) is 2.60. The predicted molar refractivity (Wildman–Crippen MR) is 95.9 cm³/mol. The van der Waals surface area contributed by atoms with E-state index >= 15 is 0 Å². The summed E-state index contributed by atoms with van der Waals surface area (Å²) < 4.78 is 5.04. The van der Waals surface area contributed by atoms with Gasteiger partial charge in [-0.2, -0.15) is 0 Å². The third kappa shape index (κ3) is 5.68. The summed E-state index contributed by atoms with van der Waals surface area (Å²) in [6.07, 6.45) is 10.4. The van der Waals surface area contributed by atoms with E-state index in [4.69, 9.17) is 39.5 Å². The maximum Gasteiger partial charge on any atom is 0.310 e. The van der Waals surface area contributed by atoms with E-state index in [-0.39, 0.29) is 28.1 Å². The Morgan fingerprint density at radius 3 is 2.25 bits per heavy atom. The van der Waals surface area contributed by atoms with Gasteiger partial charge in [0, 0.05) is 6.04 Å². The molecule has 1 fully saturated rings. The van der Waals surface area contributed by atoms with Crippen LogP contribution in [0.25, 0.3) is 0 Å². The van der Waals surface area contributed by atoms with E-state index in [2.05, 4.69) is 5.32 Å². The number of nitrogens with one attached hydrogen (secondary N) is 1. The molecule has 0 aromatic heterocycles. The average molecular weight is 395 g/mol. The Kier molecular flexibility index (Phi) is 7.92. The van der Waals surface area contributed by atoms with Crippen molar-refractivity contribution >= 4 is 46.7 Å². The Morgan fingerprint density at radius 1 is 1.00 bits per heavy atom. The molecule has 2 aliphatic rings. The number of allylic oxidation sites excluding steroid dienone is 2. The Bertz CT molecular complexity index is 523. The Balaban J connectivity index is 1.94. The van der Waals surface area contributed by atoms with Crippen LogP contribution in [0.15, 0.2) is 21.7 Å². The Hall–Kier alpha value is -0.710. The second-order valence-electron chi connectivity index (χ2n) is 6.27. The van der Waals surface area contributed by atoms with Crippen LogP contribution in [0.2, 0.25) is 0 Å². The number of hydrogen-bond acceptors (Lipinski definition) is 3. The molecule has 0 radical (unpaired) electrons. The first-order valence-electron chi connectivity index (χ1n) is 8.30. The number of esters is 1. The number of rotatable bonds is 5. The molecule has 0 bridgehead atoms. The molecule has 0 heterocycles. The van der Waals surface area contributed by atoms with Crippen molar-refractivity contribution in [3.63, 3.8) is 0 Å². The van der Waals surface area contributed by atoms with Gasteiger partial charge < -0.3 is 10.1 Å².